The Bertz CT molecular complexity index is 167. The maximum atomic E-state index is 4.54. The number of isothiocyanates is 1. The molecule has 3 heteroatoms. The number of nitrogens with zero attached hydrogens (tertiary/aromatic N) is 2. The molecule has 1 aliphatic heterocycles. The number of thiocarbonyl (C=S) groups is 1. The average Bonchev–Trinajstić information content (AvgIpc) is 2.15. The Morgan fingerprint density at radius 1 is 1.50 bits per heavy atom. The van der Waals surface area contributed by atoms with Gasteiger partial charge in [-0.2, -0.15) is 0 Å². The molecule has 1 saturated heterocycles. The molecular weight excluding hydrogens is 168 g/mol. The lowest BCUT2D eigenvalue weighted by Gasteiger charge is -2.29. The number of piperidine rings is 1. The van der Waals surface area contributed by atoms with E-state index in [1.807, 2.05) is 0 Å². The smallest absolute Gasteiger partial charge is 0.0585 e. The van der Waals surface area contributed by atoms with Gasteiger partial charge in [0.2, 0.25) is 0 Å². The molecule has 0 radical (unpaired) electrons. The van der Waals surface area contributed by atoms with E-state index in [4.69, 9.17) is 0 Å². The summed E-state index contributed by atoms with van der Waals surface area (Å²) in [6.07, 6.45) is 2.54. The molecule has 0 aromatic rings. The van der Waals surface area contributed by atoms with Gasteiger partial charge in [0.15, 0.2) is 0 Å². The largest absolute Gasteiger partial charge is 0.304 e. The first kappa shape index (κ1) is 9.85. The van der Waals surface area contributed by atoms with Crippen LogP contribution in [0.15, 0.2) is 4.99 Å². The second-order valence-corrected chi connectivity index (χ2v) is 3.49. The van der Waals surface area contributed by atoms with Crippen molar-refractivity contribution < 1.29 is 0 Å². The molecule has 0 spiro atoms. The molecule has 1 heterocycles. The fourth-order valence-electron chi connectivity index (χ4n) is 1.65. The monoisotopic (exact) mass is 184 g/mol. The zero-order valence-electron chi connectivity index (χ0n) is 7.62. The Morgan fingerprint density at radius 3 is 2.67 bits per heavy atom. The van der Waals surface area contributed by atoms with E-state index >= 15 is 0 Å². The van der Waals surface area contributed by atoms with Crippen LogP contribution in [0.2, 0.25) is 0 Å². The van der Waals surface area contributed by atoms with Crippen molar-refractivity contribution >= 4 is 17.4 Å². The lowest BCUT2D eigenvalue weighted by Crippen LogP contribution is -2.34. The van der Waals surface area contributed by atoms with E-state index in [0.717, 1.165) is 12.5 Å². The zero-order valence-corrected chi connectivity index (χ0v) is 8.44. The van der Waals surface area contributed by atoms with Gasteiger partial charge in [-0.15, -0.1) is 0 Å². The third-order valence-corrected chi connectivity index (χ3v) is 2.70. The summed E-state index contributed by atoms with van der Waals surface area (Å²) in [6.45, 7) is 6.75. The minimum absolute atomic E-state index is 0.753. The fraction of sp³-hybridized carbons (Fsp3) is 0.889. The normalized spacial score (nSPS) is 20.4. The minimum atomic E-state index is 0.753. The first-order valence-corrected chi connectivity index (χ1v) is 5.03. The van der Waals surface area contributed by atoms with Crippen LogP contribution in [0, 0.1) is 5.92 Å². The molecule has 0 unspecified atom stereocenters. The van der Waals surface area contributed by atoms with Gasteiger partial charge in [0, 0.05) is 0 Å². The second-order valence-electron chi connectivity index (χ2n) is 3.31. The molecule has 1 rings (SSSR count). The van der Waals surface area contributed by atoms with Gasteiger partial charge in [0.25, 0.3) is 0 Å². The van der Waals surface area contributed by atoms with Crippen LogP contribution < -0.4 is 0 Å². The summed E-state index contributed by atoms with van der Waals surface area (Å²) in [5.41, 5.74) is 0. The predicted octanol–water partition coefficient (Wildman–Crippen LogP) is 1.82. The Hall–Kier alpha value is -0.240. The van der Waals surface area contributed by atoms with Crippen molar-refractivity contribution in [3.05, 3.63) is 0 Å². The molecule has 2 nitrogen and oxygen atoms in total. The van der Waals surface area contributed by atoms with Crippen LogP contribution in [0.4, 0.5) is 0 Å². The van der Waals surface area contributed by atoms with Crippen LogP contribution in [0.25, 0.3) is 0 Å². The molecule has 1 aliphatic rings. The molecule has 0 aliphatic carbocycles. The summed E-state index contributed by atoms with van der Waals surface area (Å²) in [5.74, 6) is 0.753. The van der Waals surface area contributed by atoms with Crippen LogP contribution in [-0.2, 0) is 0 Å². The molecule has 0 N–H and O–H groups in total. The van der Waals surface area contributed by atoms with Gasteiger partial charge in [-0.1, -0.05) is 6.92 Å². The van der Waals surface area contributed by atoms with E-state index in [2.05, 4.69) is 34.2 Å². The molecule has 68 valence electrons. The van der Waals surface area contributed by atoms with E-state index in [1.165, 1.54) is 32.5 Å². The minimum Gasteiger partial charge on any atom is -0.304 e. The molecule has 1 fully saturated rings. The Kier molecular flexibility index (Phi) is 4.44. The van der Waals surface area contributed by atoms with Crippen molar-refractivity contribution in [1.82, 2.24) is 4.90 Å². The Morgan fingerprint density at radius 2 is 2.17 bits per heavy atom. The summed E-state index contributed by atoms with van der Waals surface area (Å²) in [6, 6.07) is 0. The molecule has 0 saturated carbocycles. The standard InChI is InChI=1S/C9H16N2S/c1-2-11-5-3-9(4-6-11)7-10-8-12/h9H,2-7H2,1H3. The van der Waals surface area contributed by atoms with Crippen LogP contribution in [-0.4, -0.2) is 36.2 Å². The quantitative estimate of drug-likeness (QED) is 0.491. The number of likely N-dealkylation sites (tertiary alicyclic amines) is 1. The number of aliphatic imine (C=N–C) groups is 1. The van der Waals surface area contributed by atoms with Crippen LogP contribution in [0.3, 0.4) is 0 Å². The first-order chi connectivity index (χ1) is 5.86. The number of hydrogen-bond acceptors (Lipinski definition) is 3. The average molecular weight is 184 g/mol. The van der Waals surface area contributed by atoms with Gasteiger partial charge >= 0.3 is 0 Å². The highest BCUT2D eigenvalue weighted by Crippen LogP contribution is 2.16. The van der Waals surface area contributed by atoms with E-state index in [9.17, 15) is 0 Å². The summed E-state index contributed by atoms with van der Waals surface area (Å²) in [7, 11) is 0. The van der Waals surface area contributed by atoms with Crippen LogP contribution >= 0.6 is 12.2 Å². The third-order valence-electron chi connectivity index (χ3n) is 2.57. The number of rotatable bonds is 3. The van der Waals surface area contributed by atoms with Gasteiger partial charge in [0.1, 0.15) is 0 Å². The molecule has 0 atom stereocenters. The first-order valence-electron chi connectivity index (χ1n) is 4.62. The molecule has 0 bridgehead atoms. The summed E-state index contributed by atoms with van der Waals surface area (Å²) in [4.78, 5) is 6.48. The fourth-order valence-corrected chi connectivity index (χ4v) is 1.73. The van der Waals surface area contributed by atoms with E-state index < -0.39 is 0 Å². The predicted molar refractivity (Wildman–Crippen MR) is 54.7 cm³/mol. The van der Waals surface area contributed by atoms with Crippen molar-refractivity contribution in [2.24, 2.45) is 10.9 Å². The second kappa shape index (κ2) is 5.41. The Balaban J connectivity index is 2.21. The van der Waals surface area contributed by atoms with Crippen molar-refractivity contribution in [1.29, 1.82) is 0 Å². The Labute approximate surface area is 79.7 Å². The van der Waals surface area contributed by atoms with Crippen molar-refractivity contribution in [3.8, 4) is 0 Å². The van der Waals surface area contributed by atoms with Gasteiger partial charge in [-0.3, -0.25) is 0 Å². The van der Waals surface area contributed by atoms with Gasteiger partial charge < -0.3 is 4.90 Å². The highest BCUT2D eigenvalue weighted by Gasteiger charge is 2.16. The third kappa shape index (κ3) is 3.02. The summed E-state index contributed by atoms with van der Waals surface area (Å²) in [5, 5.41) is 2.43. The van der Waals surface area contributed by atoms with Crippen LogP contribution in [0.5, 0.6) is 0 Å². The van der Waals surface area contributed by atoms with E-state index in [1.54, 1.807) is 0 Å². The molecule has 12 heavy (non-hydrogen) atoms. The highest BCUT2D eigenvalue weighted by atomic mass is 32.1. The van der Waals surface area contributed by atoms with Gasteiger partial charge in [-0.25, -0.2) is 4.99 Å². The summed E-state index contributed by atoms with van der Waals surface area (Å²) < 4.78 is 0. The number of hydrogen-bond donors (Lipinski definition) is 0. The van der Waals surface area contributed by atoms with Gasteiger partial charge in [-0.05, 0) is 50.6 Å². The van der Waals surface area contributed by atoms with Crippen molar-refractivity contribution in [3.63, 3.8) is 0 Å². The highest BCUT2D eigenvalue weighted by molar-refractivity contribution is 7.78. The summed E-state index contributed by atoms with van der Waals surface area (Å²) >= 11 is 4.54. The van der Waals surface area contributed by atoms with Crippen molar-refractivity contribution in [2.75, 3.05) is 26.2 Å². The molecule has 0 aromatic heterocycles. The molecular formula is C9H16N2S. The molecule has 0 amide bonds. The van der Waals surface area contributed by atoms with E-state index in [0.29, 0.717) is 0 Å². The van der Waals surface area contributed by atoms with Gasteiger partial charge in [0.05, 0.1) is 11.7 Å². The van der Waals surface area contributed by atoms with Crippen molar-refractivity contribution in [2.45, 2.75) is 19.8 Å². The maximum absolute atomic E-state index is 4.54. The zero-order chi connectivity index (χ0) is 8.81. The van der Waals surface area contributed by atoms with E-state index in [-0.39, 0.29) is 0 Å². The lowest BCUT2D eigenvalue weighted by molar-refractivity contribution is 0.196. The molecule has 0 aromatic carbocycles. The SMILES string of the molecule is CCN1CCC(CN=C=S)CC1. The lowest BCUT2D eigenvalue weighted by atomic mass is 9.97. The van der Waals surface area contributed by atoms with Crippen LogP contribution in [0.1, 0.15) is 19.8 Å². The maximum Gasteiger partial charge on any atom is 0.0585 e. The topological polar surface area (TPSA) is 15.6 Å².